The lowest BCUT2D eigenvalue weighted by atomic mass is 10.1. The van der Waals surface area contributed by atoms with Gasteiger partial charge < -0.3 is 23.6 Å². The fourth-order valence-electron chi connectivity index (χ4n) is 3.12. The number of carbonyl (C=O) groups excluding carboxylic acids is 1. The van der Waals surface area contributed by atoms with Gasteiger partial charge in [0, 0.05) is 17.7 Å². The minimum absolute atomic E-state index is 0.0696. The molecule has 0 unspecified atom stereocenters. The summed E-state index contributed by atoms with van der Waals surface area (Å²) in [6.07, 6.45) is -0.443. The summed E-state index contributed by atoms with van der Waals surface area (Å²) in [7, 11) is 3.20. The third-order valence-electron chi connectivity index (χ3n) is 4.76. The van der Waals surface area contributed by atoms with Gasteiger partial charge in [0.2, 0.25) is 5.82 Å². The number of hydrogen-bond donors (Lipinski definition) is 0. The zero-order chi connectivity index (χ0) is 20.2. The first-order valence-corrected chi connectivity index (χ1v) is 9.21. The Balaban J connectivity index is 1.46. The molecule has 0 N–H and O–H groups in total. The third-order valence-corrected chi connectivity index (χ3v) is 4.76. The minimum atomic E-state index is -0.443. The predicted molar refractivity (Wildman–Crippen MR) is 104 cm³/mol. The average Bonchev–Trinajstić information content (AvgIpc) is 3.29. The molecule has 1 aliphatic heterocycles. The van der Waals surface area contributed by atoms with Gasteiger partial charge in [0.05, 0.1) is 27.4 Å². The van der Waals surface area contributed by atoms with E-state index in [1.807, 2.05) is 24.3 Å². The van der Waals surface area contributed by atoms with E-state index in [2.05, 4.69) is 10.1 Å². The van der Waals surface area contributed by atoms with Crippen molar-refractivity contribution in [3.63, 3.8) is 0 Å². The smallest absolute Gasteiger partial charge is 0.258 e. The van der Waals surface area contributed by atoms with Gasteiger partial charge in [-0.05, 0) is 48.5 Å². The number of amides is 1. The molecule has 0 saturated carbocycles. The number of nitrogens with zero attached hydrogens (tertiary/aromatic N) is 3. The Kier molecular flexibility index (Phi) is 5.44. The molecule has 8 nitrogen and oxygen atoms in total. The molecule has 0 spiro atoms. The van der Waals surface area contributed by atoms with Crippen molar-refractivity contribution in [1.82, 2.24) is 15.0 Å². The first-order chi connectivity index (χ1) is 14.2. The molecule has 2 aromatic carbocycles. The Morgan fingerprint density at radius 3 is 2.34 bits per heavy atom. The average molecular weight is 395 g/mol. The van der Waals surface area contributed by atoms with Gasteiger partial charge in [-0.15, -0.1) is 0 Å². The molecule has 1 saturated heterocycles. The van der Waals surface area contributed by atoms with Crippen LogP contribution in [0.15, 0.2) is 53.1 Å². The Morgan fingerprint density at radius 2 is 1.69 bits per heavy atom. The van der Waals surface area contributed by atoms with Gasteiger partial charge >= 0.3 is 0 Å². The molecule has 0 radical (unpaired) electrons. The second kappa shape index (κ2) is 8.32. The second-order valence-electron chi connectivity index (χ2n) is 6.53. The maximum absolute atomic E-state index is 12.8. The van der Waals surface area contributed by atoms with Crippen LogP contribution in [0.3, 0.4) is 0 Å². The first kappa shape index (κ1) is 18.9. The number of benzene rings is 2. The van der Waals surface area contributed by atoms with Crippen LogP contribution in [-0.2, 0) is 4.74 Å². The van der Waals surface area contributed by atoms with Gasteiger partial charge in [-0.1, -0.05) is 5.16 Å². The van der Waals surface area contributed by atoms with Crippen LogP contribution < -0.4 is 9.47 Å². The van der Waals surface area contributed by atoms with E-state index in [0.717, 1.165) is 11.3 Å². The maximum Gasteiger partial charge on any atom is 0.258 e. The Bertz CT molecular complexity index is 969. The molecular formula is C21H21N3O5. The molecule has 1 aromatic heterocycles. The van der Waals surface area contributed by atoms with Gasteiger partial charge in [-0.2, -0.15) is 4.98 Å². The summed E-state index contributed by atoms with van der Waals surface area (Å²) in [5.41, 5.74) is 1.38. The van der Waals surface area contributed by atoms with Crippen molar-refractivity contribution < 1.29 is 23.5 Å². The maximum atomic E-state index is 12.8. The van der Waals surface area contributed by atoms with E-state index in [4.69, 9.17) is 18.7 Å². The van der Waals surface area contributed by atoms with E-state index in [1.54, 1.807) is 43.4 Å². The van der Waals surface area contributed by atoms with E-state index in [0.29, 0.717) is 42.7 Å². The molecule has 2 heterocycles. The minimum Gasteiger partial charge on any atom is -0.497 e. The second-order valence-corrected chi connectivity index (χ2v) is 6.53. The molecule has 29 heavy (non-hydrogen) atoms. The van der Waals surface area contributed by atoms with Crippen molar-refractivity contribution in [2.45, 2.75) is 6.10 Å². The van der Waals surface area contributed by atoms with Crippen LogP contribution >= 0.6 is 0 Å². The van der Waals surface area contributed by atoms with E-state index in [1.165, 1.54) is 0 Å². The Morgan fingerprint density at radius 1 is 1.03 bits per heavy atom. The summed E-state index contributed by atoms with van der Waals surface area (Å²) in [5, 5.41) is 4.05. The van der Waals surface area contributed by atoms with Crippen molar-refractivity contribution in [2.24, 2.45) is 0 Å². The predicted octanol–water partition coefficient (Wildman–Crippen LogP) is 2.97. The fraction of sp³-hybridized carbons (Fsp3) is 0.286. The van der Waals surface area contributed by atoms with Gasteiger partial charge in [0.1, 0.15) is 17.6 Å². The zero-order valence-corrected chi connectivity index (χ0v) is 16.2. The van der Waals surface area contributed by atoms with E-state index in [9.17, 15) is 4.79 Å². The molecule has 1 fully saturated rings. The van der Waals surface area contributed by atoms with E-state index in [-0.39, 0.29) is 5.91 Å². The van der Waals surface area contributed by atoms with Crippen LogP contribution in [-0.4, -0.2) is 54.9 Å². The molecule has 3 aromatic rings. The lowest BCUT2D eigenvalue weighted by Crippen LogP contribution is -2.42. The standard InChI is InChI=1S/C21H21N3O5/c1-26-16-7-3-14(4-8-16)20-22-19(23-29-20)18-13-24(11-12-28-18)21(25)15-5-9-17(27-2)10-6-15/h3-10,18H,11-13H2,1-2H3/t18-/m1/s1. The first-order valence-electron chi connectivity index (χ1n) is 9.21. The van der Waals surface area contributed by atoms with Crippen molar-refractivity contribution in [3.05, 3.63) is 59.9 Å². The van der Waals surface area contributed by atoms with Gasteiger partial charge in [-0.25, -0.2) is 0 Å². The van der Waals surface area contributed by atoms with Crippen molar-refractivity contribution in [3.8, 4) is 23.0 Å². The summed E-state index contributed by atoms with van der Waals surface area (Å²) in [6, 6.07) is 14.4. The van der Waals surface area contributed by atoms with Crippen molar-refractivity contribution in [2.75, 3.05) is 33.9 Å². The fourth-order valence-corrected chi connectivity index (χ4v) is 3.12. The molecule has 0 aliphatic carbocycles. The summed E-state index contributed by atoms with van der Waals surface area (Å²) in [6.45, 7) is 1.26. The Hall–Kier alpha value is -3.39. The highest BCUT2D eigenvalue weighted by Crippen LogP contribution is 2.26. The van der Waals surface area contributed by atoms with Crippen LogP contribution in [0.5, 0.6) is 11.5 Å². The van der Waals surface area contributed by atoms with Gasteiger partial charge in [0.15, 0.2) is 0 Å². The van der Waals surface area contributed by atoms with Crippen molar-refractivity contribution >= 4 is 5.91 Å². The largest absolute Gasteiger partial charge is 0.497 e. The number of aromatic nitrogens is 2. The molecule has 0 bridgehead atoms. The monoisotopic (exact) mass is 395 g/mol. The molecule has 8 heteroatoms. The van der Waals surface area contributed by atoms with E-state index < -0.39 is 6.10 Å². The molecule has 1 atom stereocenters. The highest BCUT2D eigenvalue weighted by atomic mass is 16.5. The summed E-state index contributed by atoms with van der Waals surface area (Å²) >= 11 is 0. The highest BCUT2D eigenvalue weighted by molar-refractivity contribution is 5.94. The highest BCUT2D eigenvalue weighted by Gasteiger charge is 2.29. The number of carbonyl (C=O) groups is 1. The van der Waals surface area contributed by atoms with Crippen molar-refractivity contribution in [1.29, 1.82) is 0 Å². The van der Waals surface area contributed by atoms with E-state index >= 15 is 0 Å². The lowest BCUT2D eigenvalue weighted by Gasteiger charge is -2.31. The molecule has 4 rings (SSSR count). The lowest BCUT2D eigenvalue weighted by molar-refractivity contribution is -0.0276. The SMILES string of the molecule is COc1ccc(C(=O)N2CCO[C@@H](c3noc(-c4ccc(OC)cc4)n3)C2)cc1. The van der Waals surface area contributed by atoms with Crippen LogP contribution in [0.25, 0.3) is 11.5 Å². The van der Waals surface area contributed by atoms with Crippen LogP contribution in [0.4, 0.5) is 0 Å². The van der Waals surface area contributed by atoms with Crippen LogP contribution in [0, 0.1) is 0 Å². The quantitative estimate of drug-likeness (QED) is 0.656. The third kappa shape index (κ3) is 4.07. The summed E-state index contributed by atoms with van der Waals surface area (Å²) in [5.74, 6) is 2.20. The molecule has 1 amide bonds. The topological polar surface area (TPSA) is 86.9 Å². The van der Waals surface area contributed by atoms with Crippen LogP contribution in [0.2, 0.25) is 0 Å². The van der Waals surface area contributed by atoms with Gasteiger partial charge in [0.25, 0.3) is 11.8 Å². The summed E-state index contributed by atoms with van der Waals surface area (Å²) in [4.78, 5) is 19.0. The number of methoxy groups -OCH3 is 2. The molecule has 1 aliphatic rings. The number of ether oxygens (including phenoxy) is 3. The normalized spacial score (nSPS) is 16.5. The number of rotatable bonds is 5. The molecular weight excluding hydrogens is 374 g/mol. The van der Waals surface area contributed by atoms with Crippen LogP contribution in [0.1, 0.15) is 22.3 Å². The molecule has 150 valence electrons. The number of hydrogen-bond acceptors (Lipinski definition) is 7. The zero-order valence-electron chi connectivity index (χ0n) is 16.2. The Labute approximate surface area is 168 Å². The van der Waals surface area contributed by atoms with Gasteiger partial charge in [-0.3, -0.25) is 4.79 Å². The number of morpholine rings is 1. The summed E-state index contributed by atoms with van der Waals surface area (Å²) < 4.78 is 21.5.